The molecule has 6 heteroatoms. The van der Waals surface area contributed by atoms with Crippen molar-refractivity contribution in [2.24, 2.45) is 7.05 Å². The van der Waals surface area contributed by atoms with Crippen LogP contribution in [0, 0.1) is 24.1 Å². The summed E-state index contributed by atoms with van der Waals surface area (Å²) in [4.78, 5) is 12.0. The Bertz CT molecular complexity index is 684. The molecule has 1 heterocycles. The van der Waals surface area contributed by atoms with Crippen molar-refractivity contribution in [2.45, 2.75) is 6.92 Å². The van der Waals surface area contributed by atoms with Crippen LogP contribution in [0.25, 0.3) is 0 Å². The Morgan fingerprint density at radius 3 is 2.89 bits per heavy atom. The SMILES string of the molecule is Cc1cc(F)ccc1C(=O)Nc1nn(C)cc1C#N. The lowest BCUT2D eigenvalue weighted by molar-refractivity contribution is 0.102. The third-order valence-electron chi connectivity index (χ3n) is 2.61. The molecule has 1 aromatic carbocycles. The summed E-state index contributed by atoms with van der Waals surface area (Å²) in [6, 6.07) is 5.83. The normalized spacial score (nSPS) is 10.0. The van der Waals surface area contributed by atoms with E-state index in [1.165, 1.54) is 29.1 Å². The van der Waals surface area contributed by atoms with E-state index in [9.17, 15) is 9.18 Å². The van der Waals surface area contributed by atoms with Gasteiger partial charge in [0.15, 0.2) is 5.82 Å². The number of amides is 1. The second-order valence-corrected chi connectivity index (χ2v) is 4.09. The number of nitrogens with one attached hydrogen (secondary N) is 1. The topological polar surface area (TPSA) is 70.7 Å². The minimum atomic E-state index is -0.423. The van der Waals surface area contributed by atoms with Gasteiger partial charge >= 0.3 is 0 Å². The number of nitriles is 1. The lowest BCUT2D eigenvalue weighted by atomic mass is 10.1. The van der Waals surface area contributed by atoms with Crippen molar-refractivity contribution in [3.8, 4) is 6.07 Å². The zero-order chi connectivity index (χ0) is 14.0. The van der Waals surface area contributed by atoms with Crippen LogP contribution in [0.15, 0.2) is 24.4 Å². The average Bonchev–Trinajstić information content (AvgIpc) is 2.69. The zero-order valence-corrected chi connectivity index (χ0v) is 10.4. The van der Waals surface area contributed by atoms with E-state index in [0.29, 0.717) is 11.1 Å². The number of halogens is 1. The molecule has 2 rings (SSSR count). The first-order valence-electron chi connectivity index (χ1n) is 5.52. The average molecular weight is 258 g/mol. The fourth-order valence-corrected chi connectivity index (χ4v) is 1.72. The quantitative estimate of drug-likeness (QED) is 0.895. The molecule has 5 nitrogen and oxygen atoms in total. The maximum absolute atomic E-state index is 13.0. The number of aromatic nitrogens is 2. The van der Waals surface area contributed by atoms with E-state index in [0.717, 1.165) is 0 Å². The summed E-state index contributed by atoms with van der Waals surface area (Å²) in [6.07, 6.45) is 1.51. The molecule has 0 saturated carbocycles. The standard InChI is InChI=1S/C13H11FN4O/c1-8-5-10(14)3-4-11(8)13(19)16-12-9(6-15)7-18(2)17-12/h3-5,7H,1-2H3,(H,16,17,19). The van der Waals surface area contributed by atoms with Crippen molar-refractivity contribution in [3.63, 3.8) is 0 Å². The van der Waals surface area contributed by atoms with E-state index in [-0.39, 0.29) is 11.4 Å². The molecule has 1 aromatic heterocycles. The molecule has 1 amide bonds. The highest BCUT2D eigenvalue weighted by molar-refractivity contribution is 6.05. The third kappa shape index (κ3) is 2.60. The fourth-order valence-electron chi connectivity index (χ4n) is 1.72. The number of rotatable bonds is 2. The highest BCUT2D eigenvalue weighted by atomic mass is 19.1. The summed E-state index contributed by atoms with van der Waals surface area (Å²) >= 11 is 0. The number of benzene rings is 1. The number of hydrogen-bond donors (Lipinski definition) is 1. The summed E-state index contributed by atoms with van der Waals surface area (Å²) in [5.41, 5.74) is 1.14. The molecule has 0 aliphatic heterocycles. The van der Waals surface area contributed by atoms with E-state index < -0.39 is 11.7 Å². The lowest BCUT2D eigenvalue weighted by Crippen LogP contribution is -2.14. The van der Waals surface area contributed by atoms with Crippen molar-refractivity contribution in [1.29, 1.82) is 5.26 Å². The minimum Gasteiger partial charge on any atom is -0.304 e. The Hall–Kier alpha value is -2.68. The molecule has 0 aliphatic carbocycles. The van der Waals surface area contributed by atoms with E-state index in [1.807, 2.05) is 6.07 Å². The molecule has 0 unspecified atom stereocenters. The predicted molar refractivity (Wildman–Crippen MR) is 67.0 cm³/mol. The summed E-state index contributed by atoms with van der Waals surface area (Å²) in [5.74, 6) is -0.629. The summed E-state index contributed by atoms with van der Waals surface area (Å²) in [7, 11) is 1.65. The number of carbonyl (C=O) groups excluding carboxylic acids is 1. The Balaban J connectivity index is 2.28. The highest BCUT2D eigenvalue weighted by Crippen LogP contribution is 2.15. The van der Waals surface area contributed by atoms with Crippen molar-refractivity contribution in [3.05, 3.63) is 46.9 Å². The molecule has 2 aromatic rings. The van der Waals surface area contributed by atoms with Gasteiger partial charge in [0.1, 0.15) is 17.4 Å². The van der Waals surface area contributed by atoms with Gasteiger partial charge in [0.25, 0.3) is 5.91 Å². The molecule has 0 atom stereocenters. The first-order valence-corrected chi connectivity index (χ1v) is 5.52. The van der Waals surface area contributed by atoms with Crippen LogP contribution in [0.5, 0.6) is 0 Å². The van der Waals surface area contributed by atoms with E-state index in [4.69, 9.17) is 5.26 Å². The van der Waals surface area contributed by atoms with Gasteiger partial charge in [-0.05, 0) is 30.7 Å². The second kappa shape index (κ2) is 4.90. The Morgan fingerprint density at radius 2 is 2.26 bits per heavy atom. The molecule has 0 spiro atoms. The number of aryl methyl sites for hydroxylation is 2. The first-order chi connectivity index (χ1) is 9.01. The van der Waals surface area contributed by atoms with Crippen LogP contribution >= 0.6 is 0 Å². The first kappa shape index (κ1) is 12.8. The smallest absolute Gasteiger partial charge is 0.257 e. The van der Waals surface area contributed by atoms with Gasteiger partial charge in [-0.15, -0.1) is 0 Å². The second-order valence-electron chi connectivity index (χ2n) is 4.09. The van der Waals surface area contributed by atoms with Gasteiger partial charge in [-0.25, -0.2) is 4.39 Å². The van der Waals surface area contributed by atoms with Gasteiger partial charge in [0.05, 0.1) is 0 Å². The van der Waals surface area contributed by atoms with Crippen LogP contribution in [-0.4, -0.2) is 15.7 Å². The Morgan fingerprint density at radius 1 is 1.53 bits per heavy atom. The molecule has 1 N–H and O–H groups in total. The Kier molecular flexibility index (Phi) is 3.29. The van der Waals surface area contributed by atoms with Crippen LogP contribution in [0.2, 0.25) is 0 Å². The van der Waals surface area contributed by atoms with Gasteiger partial charge in [0, 0.05) is 18.8 Å². The molecule has 0 fully saturated rings. The maximum atomic E-state index is 13.0. The van der Waals surface area contributed by atoms with Gasteiger partial charge in [0.2, 0.25) is 0 Å². The van der Waals surface area contributed by atoms with Crippen molar-refractivity contribution >= 4 is 11.7 Å². The molecule has 0 saturated heterocycles. The molecule has 0 aliphatic rings. The van der Waals surface area contributed by atoms with Crippen molar-refractivity contribution < 1.29 is 9.18 Å². The summed E-state index contributed by atoms with van der Waals surface area (Å²) < 4.78 is 14.4. The number of carbonyl (C=O) groups is 1. The van der Waals surface area contributed by atoms with Crippen molar-refractivity contribution in [2.75, 3.05) is 5.32 Å². The van der Waals surface area contributed by atoms with Crippen molar-refractivity contribution in [1.82, 2.24) is 9.78 Å². The molecule has 19 heavy (non-hydrogen) atoms. The predicted octanol–water partition coefficient (Wildman–Crippen LogP) is 1.99. The van der Waals surface area contributed by atoms with Gasteiger partial charge in [-0.2, -0.15) is 10.4 Å². The number of hydrogen-bond acceptors (Lipinski definition) is 3. The molecule has 0 radical (unpaired) electrons. The van der Waals surface area contributed by atoms with Crippen LogP contribution in [-0.2, 0) is 7.05 Å². The van der Waals surface area contributed by atoms with Gasteiger partial charge < -0.3 is 5.32 Å². The van der Waals surface area contributed by atoms with Gasteiger partial charge in [-0.3, -0.25) is 9.48 Å². The largest absolute Gasteiger partial charge is 0.304 e. The van der Waals surface area contributed by atoms with Crippen LogP contribution in [0.1, 0.15) is 21.5 Å². The molecule has 96 valence electrons. The maximum Gasteiger partial charge on any atom is 0.257 e. The summed E-state index contributed by atoms with van der Waals surface area (Å²) in [6.45, 7) is 1.64. The monoisotopic (exact) mass is 258 g/mol. The van der Waals surface area contributed by atoms with E-state index in [2.05, 4.69) is 10.4 Å². The Labute approximate surface area is 109 Å². The van der Waals surface area contributed by atoms with Crippen LogP contribution in [0.3, 0.4) is 0 Å². The van der Waals surface area contributed by atoms with Gasteiger partial charge in [-0.1, -0.05) is 0 Å². The number of nitrogens with zero attached hydrogens (tertiary/aromatic N) is 3. The third-order valence-corrected chi connectivity index (χ3v) is 2.61. The lowest BCUT2D eigenvalue weighted by Gasteiger charge is -2.05. The molecule has 0 bridgehead atoms. The van der Waals surface area contributed by atoms with Crippen LogP contribution < -0.4 is 5.32 Å². The van der Waals surface area contributed by atoms with E-state index in [1.54, 1.807) is 14.0 Å². The molecular formula is C13H11FN4O. The number of anilines is 1. The van der Waals surface area contributed by atoms with Crippen LogP contribution in [0.4, 0.5) is 10.2 Å². The highest BCUT2D eigenvalue weighted by Gasteiger charge is 2.14. The molecular weight excluding hydrogens is 247 g/mol. The minimum absolute atomic E-state index is 0.193. The summed E-state index contributed by atoms with van der Waals surface area (Å²) in [5, 5.41) is 15.4. The zero-order valence-electron chi connectivity index (χ0n) is 10.4. The van der Waals surface area contributed by atoms with E-state index >= 15 is 0 Å². The fraction of sp³-hybridized carbons (Fsp3) is 0.154.